The first-order valence-corrected chi connectivity index (χ1v) is 25.2. The van der Waals surface area contributed by atoms with Crippen LogP contribution in [-0.2, 0) is 14.3 Å². The molecule has 9 heteroatoms. The number of hydrogen-bond donors (Lipinski definition) is 6. The second kappa shape index (κ2) is 42.6. The van der Waals surface area contributed by atoms with Gasteiger partial charge in [0, 0.05) is 6.42 Å². The summed E-state index contributed by atoms with van der Waals surface area (Å²) < 4.78 is 11.2. The first kappa shape index (κ1) is 57.6. The molecule has 1 amide bonds. The van der Waals surface area contributed by atoms with Crippen LogP contribution in [0.5, 0.6) is 0 Å². The fourth-order valence-corrected chi connectivity index (χ4v) is 7.50. The molecule has 0 saturated carbocycles. The minimum Gasteiger partial charge on any atom is -0.394 e. The van der Waals surface area contributed by atoms with Crippen molar-refractivity contribution in [2.45, 2.75) is 243 Å². The highest BCUT2D eigenvalue weighted by Crippen LogP contribution is 2.22. The fraction of sp³-hybridized carbons (Fsp3) is 0.755. The number of nitrogens with one attached hydrogen (secondary N) is 1. The topological polar surface area (TPSA) is 149 Å². The van der Waals surface area contributed by atoms with Crippen molar-refractivity contribution < 1.29 is 39.8 Å². The quantitative estimate of drug-likeness (QED) is 0.0263. The van der Waals surface area contributed by atoms with Gasteiger partial charge in [0.2, 0.25) is 5.91 Å². The van der Waals surface area contributed by atoms with E-state index in [0.29, 0.717) is 6.42 Å². The van der Waals surface area contributed by atoms with Crippen LogP contribution < -0.4 is 5.32 Å². The number of ether oxygens (including phenoxy) is 2. The molecular formula is C53H93NO8. The maximum absolute atomic E-state index is 13.0. The van der Waals surface area contributed by atoms with Gasteiger partial charge in [-0.25, -0.2) is 0 Å². The van der Waals surface area contributed by atoms with Crippen LogP contribution >= 0.6 is 0 Å². The average molecular weight is 872 g/mol. The Morgan fingerprint density at radius 3 is 1.55 bits per heavy atom. The molecule has 1 aliphatic heterocycles. The van der Waals surface area contributed by atoms with Gasteiger partial charge in [0.25, 0.3) is 0 Å². The van der Waals surface area contributed by atoms with Gasteiger partial charge in [-0.2, -0.15) is 0 Å². The van der Waals surface area contributed by atoms with Crippen molar-refractivity contribution in [2.75, 3.05) is 13.2 Å². The Hall–Kier alpha value is -2.37. The third kappa shape index (κ3) is 32.3. The number of rotatable bonds is 41. The molecule has 358 valence electrons. The normalized spacial score (nSPS) is 20.9. The molecule has 1 heterocycles. The van der Waals surface area contributed by atoms with E-state index in [-0.39, 0.29) is 12.5 Å². The molecule has 0 bridgehead atoms. The highest BCUT2D eigenvalue weighted by molar-refractivity contribution is 5.76. The summed E-state index contributed by atoms with van der Waals surface area (Å²) in [6.45, 7) is 3.63. The van der Waals surface area contributed by atoms with Gasteiger partial charge in [-0.15, -0.1) is 0 Å². The van der Waals surface area contributed by atoms with Crippen LogP contribution in [-0.4, -0.2) is 87.5 Å². The van der Waals surface area contributed by atoms with Gasteiger partial charge >= 0.3 is 0 Å². The zero-order valence-corrected chi connectivity index (χ0v) is 39.4. The standard InChI is InChI=1S/C53H93NO8/c1-3-5-7-9-11-13-15-17-19-21-22-23-24-25-27-28-30-32-34-36-38-40-42-47(56)46(45-61-53-52(60)51(59)50(58)48(44-55)62-53)54-49(57)43-41-39-37-35-33-31-29-26-20-18-16-14-12-10-8-6-4-2/h6,8,12,14,18,20,25,27,32,34,40,42,46-48,50-53,55-56,58-60H,3-5,7,9-11,13,15-17,19,21-24,26,28-31,33,35-39,41,43-45H2,1-2H3,(H,54,57)/b8-6-,14-12-,20-18-,27-25+,34-32+,42-40+. The maximum Gasteiger partial charge on any atom is 0.220 e. The van der Waals surface area contributed by atoms with E-state index in [0.717, 1.165) is 77.0 Å². The summed E-state index contributed by atoms with van der Waals surface area (Å²) in [5.41, 5.74) is 0. The Kier molecular flexibility index (Phi) is 39.6. The van der Waals surface area contributed by atoms with Gasteiger partial charge in [0.1, 0.15) is 24.4 Å². The van der Waals surface area contributed by atoms with Gasteiger partial charge in [-0.1, -0.05) is 189 Å². The van der Waals surface area contributed by atoms with E-state index in [1.165, 1.54) is 103 Å². The Labute approximate surface area is 378 Å². The second-order valence-corrected chi connectivity index (χ2v) is 17.2. The average Bonchev–Trinajstić information content (AvgIpc) is 3.27. The van der Waals surface area contributed by atoms with Crippen molar-refractivity contribution in [3.63, 3.8) is 0 Å². The molecule has 0 aromatic rings. The number of allylic oxidation sites excluding steroid dienone is 11. The van der Waals surface area contributed by atoms with Gasteiger partial charge in [-0.3, -0.25) is 4.79 Å². The minimum absolute atomic E-state index is 0.204. The Morgan fingerprint density at radius 1 is 0.565 bits per heavy atom. The molecule has 1 rings (SSSR count). The van der Waals surface area contributed by atoms with Crippen molar-refractivity contribution >= 4 is 5.91 Å². The summed E-state index contributed by atoms with van der Waals surface area (Å²) in [5, 5.41) is 54.3. The molecule has 7 unspecified atom stereocenters. The molecule has 62 heavy (non-hydrogen) atoms. The maximum atomic E-state index is 13.0. The number of carbonyl (C=O) groups is 1. The van der Waals surface area contributed by atoms with E-state index in [1.54, 1.807) is 6.08 Å². The summed E-state index contributed by atoms with van der Waals surface area (Å²) in [7, 11) is 0. The predicted octanol–water partition coefficient (Wildman–Crippen LogP) is 11.3. The minimum atomic E-state index is -1.58. The summed E-state index contributed by atoms with van der Waals surface area (Å²) in [4.78, 5) is 13.0. The molecule has 7 atom stereocenters. The molecule has 0 aliphatic carbocycles. The third-order valence-electron chi connectivity index (χ3n) is 11.5. The van der Waals surface area contributed by atoms with Crippen molar-refractivity contribution in [1.82, 2.24) is 5.32 Å². The zero-order chi connectivity index (χ0) is 45.1. The number of carbonyl (C=O) groups excluding carboxylic acids is 1. The first-order chi connectivity index (χ1) is 30.3. The lowest BCUT2D eigenvalue weighted by Crippen LogP contribution is -2.60. The number of aliphatic hydroxyl groups excluding tert-OH is 5. The molecular weight excluding hydrogens is 779 g/mol. The van der Waals surface area contributed by atoms with Crippen molar-refractivity contribution in [2.24, 2.45) is 0 Å². The van der Waals surface area contributed by atoms with Crippen LogP contribution in [0.4, 0.5) is 0 Å². The Morgan fingerprint density at radius 2 is 1.02 bits per heavy atom. The second-order valence-electron chi connectivity index (χ2n) is 17.2. The van der Waals surface area contributed by atoms with Crippen LogP contribution in [0.25, 0.3) is 0 Å². The summed E-state index contributed by atoms with van der Waals surface area (Å²) in [6.07, 6.45) is 50.9. The molecule has 0 aromatic carbocycles. The highest BCUT2D eigenvalue weighted by Gasteiger charge is 2.44. The highest BCUT2D eigenvalue weighted by atomic mass is 16.7. The largest absolute Gasteiger partial charge is 0.394 e. The van der Waals surface area contributed by atoms with Gasteiger partial charge in [-0.05, 0) is 77.0 Å². The van der Waals surface area contributed by atoms with Crippen LogP contribution in [0.15, 0.2) is 72.9 Å². The lowest BCUT2D eigenvalue weighted by Gasteiger charge is -2.40. The summed E-state index contributed by atoms with van der Waals surface area (Å²) >= 11 is 0. The van der Waals surface area contributed by atoms with Crippen LogP contribution in [0.3, 0.4) is 0 Å². The zero-order valence-electron chi connectivity index (χ0n) is 39.4. The molecule has 1 aliphatic rings. The number of aliphatic hydroxyl groups is 5. The molecule has 1 saturated heterocycles. The molecule has 9 nitrogen and oxygen atoms in total. The smallest absolute Gasteiger partial charge is 0.220 e. The van der Waals surface area contributed by atoms with E-state index in [4.69, 9.17) is 9.47 Å². The van der Waals surface area contributed by atoms with Crippen molar-refractivity contribution in [1.29, 1.82) is 0 Å². The van der Waals surface area contributed by atoms with Gasteiger partial charge in [0.05, 0.1) is 25.4 Å². The van der Waals surface area contributed by atoms with Crippen molar-refractivity contribution in [3.8, 4) is 0 Å². The third-order valence-corrected chi connectivity index (χ3v) is 11.5. The van der Waals surface area contributed by atoms with E-state index in [1.807, 2.05) is 6.08 Å². The van der Waals surface area contributed by atoms with Gasteiger partial charge < -0.3 is 40.3 Å². The molecule has 1 fully saturated rings. The Bertz CT molecular complexity index is 1200. The molecule has 6 N–H and O–H groups in total. The van der Waals surface area contributed by atoms with Crippen LogP contribution in [0, 0.1) is 0 Å². The van der Waals surface area contributed by atoms with E-state index in [9.17, 15) is 30.3 Å². The van der Waals surface area contributed by atoms with Crippen LogP contribution in [0.2, 0.25) is 0 Å². The fourth-order valence-electron chi connectivity index (χ4n) is 7.50. The number of amides is 1. The number of unbranched alkanes of at least 4 members (excludes halogenated alkanes) is 21. The summed E-state index contributed by atoms with van der Waals surface area (Å²) in [6, 6.07) is -0.837. The first-order valence-electron chi connectivity index (χ1n) is 25.2. The predicted molar refractivity (Wildman–Crippen MR) is 258 cm³/mol. The van der Waals surface area contributed by atoms with E-state index < -0.39 is 49.5 Å². The van der Waals surface area contributed by atoms with E-state index in [2.05, 4.69) is 79.9 Å². The summed E-state index contributed by atoms with van der Waals surface area (Å²) in [5.74, 6) is -0.204. The van der Waals surface area contributed by atoms with E-state index >= 15 is 0 Å². The molecule has 0 spiro atoms. The lowest BCUT2D eigenvalue weighted by atomic mass is 9.99. The monoisotopic (exact) mass is 872 g/mol. The van der Waals surface area contributed by atoms with Crippen LogP contribution in [0.1, 0.15) is 200 Å². The lowest BCUT2D eigenvalue weighted by molar-refractivity contribution is -0.302. The number of hydrogen-bond acceptors (Lipinski definition) is 8. The SMILES string of the molecule is CC/C=C\C/C=C\C/C=C\CCCCCCCCCC(=O)NC(COC1OC(CO)C(O)C(O)C1O)C(O)/C=C/CC/C=C/CC/C=C/CCCCCCCCCCCCCC. The molecule has 0 radical (unpaired) electrons. The van der Waals surface area contributed by atoms with Gasteiger partial charge in [0.15, 0.2) is 6.29 Å². The van der Waals surface area contributed by atoms with Crippen molar-refractivity contribution in [3.05, 3.63) is 72.9 Å². The Balaban J connectivity index is 2.36. The molecule has 0 aromatic heterocycles.